The maximum absolute atomic E-state index is 12.6. The zero-order valence-corrected chi connectivity index (χ0v) is 19.9. The molecule has 0 aromatic heterocycles. The van der Waals surface area contributed by atoms with Crippen LogP contribution in [0, 0.1) is 0 Å². The molecular formula is C20H29ClIN5O2. The van der Waals surface area contributed by atoms with Gasteiger partial charge < -0.3 is 20.0 Å². The number of piperazine rings is 1. The molecule has 1 N–H and O–H groups in total. The molecule has 2 heterocycles. The summed E-state index contributed by atoms with van der Waals surface area (Å²) >= 11 is 5.93. The summed E-state index contributed by atoms with van der Waals surface area (Å²) in [6.07, 6.45) is 2.14. The molecule has 0 atom stereocenters. The number of halogens is 2. The molecule has 7 nitrogen and oxygen atoms in total. The average Bonchev–Trinajstić information content (AvgIpc) is 3.23. The van der Waals surface area contributed by atoms with Gasteiger partial charge in [0.1, 0.15) is 6.54 Å². The Morgan fingerprint density at radius 3 is 2.41 bits per heavy atom. The topological polar surface area (TPSA) is 68.2 Å². The van der Waals surface area contributed by atoms with Gasteiger partial charge >= 0.3 is 0 Å². The van der Waals surface area contributed by atoms with Crippen LogP contribution >= 0.6 is 35.6 Å². The molecule has 2 aliphatic rings. The second-order valence-corrected chi connectivity index (χ2v) is 7.56. The average molecular weight is 534 g/mol. The van der Waals surface area contributed by atoms with E-state index in [1.54, 1.807) is 0 Å². The van der Waals surface area contributed by atoms with Crippen LogP contribution in [0.1, 0.15) is 25.3 Å². The number of benzene rings is 1. The number of nitrogens with one attached hydrogen (secondary N) is 1. The highest BCUT2D eigenvalue weighted by molar-refractivity contribution is 14.0. The Labute approximate surface area is 194 Å². The van der Waals surface area contributed by atoms with Crippen LogP contribution in [0.25, 0.3) is 0 Å². The summed E-state index contributed by atoms with van der Waals surface area (Å²) in [5.41, 5.74) is 1.06. The lowest BCUT2D eigenvalue weighted by Crippen LogP contribution is -2.55. The Hall–Kier alpha value is -1.55. The summed E-state index contributed by atoms with van der Waals surface area (Å²) < 4.78 is 0. The number of rotatable bonds is 5. The van der Waals surface area contributed by atoms with Gasteiger partial charge in [0, 0.05) is 44.3 Å². The highest BCUT2D eigenvalue weighted by Crippen LogP contribution is 2.14. The predicted molar refractivity (Wildman–Crippen MR) is 126 cm³/mol. The number of hydrogen-bond donors (Lipinski definition) is 1. The maximum atomic E-state index is 12.6. The van der Waals surface area contributed by atoms with E-state index in [0.29, 0.717) is 37.2 Å². The van der Waals surface area contributed by atoms with Crippen molar-refractivity contribution in [1.82, 2.24) is 20.0 Å². The molecule has 0 spiro atoms. The third-order valence-corrected chi connectivity index (χ3v) is 5.31. The number of hydrogen-bond acceptors (Lipinski definition) is 3. The molecule has 1 aromatic rings. The second-order valence-electron chi connectivity index (χ2n) is 7.12. The number of guanidine groups is 1. The van der Waals surface area contributed by atoms with E-state index >= 15 is 0 Å². The van der Waals surface area contributed by atoms with Crippen molar-refractivity contribution in [3.05, 3.63) is 34.9 Å². The quantitative estimate of drug-likeness (QED) is 0.358. The first-order valence-corrected chi connectivity index (χ1v) is 10.3. The highest BCUT2D eigenvalue weighted by atomic mass is 127. The van der Waals surface area contributed by atoms with Crippen molar-refractivity contribution in [2.75, 3.05) is 45.8 Å². The third-order valence-electron chi connectivity index (χ3n) is 5.06. The zero-order valence-electron chi connectivity index (χ0n) is 16.8. The molecule has 2 fully saturated rings. The van der Waals surface area contributed by atoms with E-state index in [9.17, 15) is 9.59 Å². The van der Waals surface area contributed by atoms with Crippen LogP contribution in [-0.2, 0) is 16.1 Å². The van der Waals surface area contributed by atoms with Crippen molar-refractivity contribution >= 4 is 53.4 Å². The lowest BCUT2D eigenvalue weighted by atomic mass is 10.2. The van der Waals surface area contributed by atoms with Crippen LogP contribution in [0.15, 0.2) is 29.3 Å². The van der Waals surface area contributed by atoms with Crippen molar-refractivity contribution in [2.24, 2.45) is 4.99 Å². The lowest BCUT2D eigenvalue weighted by molar-refractivity contribution is -0.135. The van der Waals surface area contributed by atoms with Gasteiger partial charge in [-0.1, -0.05) is 23.7 Å². The Bertz CT molecular complexity index is 722. The van der Waals surface area contributed by atoms with Gasteiger partial charge in [0.25, 0.3) is 0 Å². The van der Waals surface area contributed by atoms with Gasteiger partial charge in [0.15, 0.2) is 5.96 Å². The van der Waals surface area contributed by atoms with Crippen LogP contribution in [0.3, 0.4) is 0 Å². The van der Waals surface area contributed by atoms with Crippen molar-refractivity contribution in [2.45, 2.75) is 26.3 Å². The second kappa shape index (κ2) is 11.6. The van der Waals surface area contributed by atoms with E-state index in [-0.39, 0.29) is 48.9 Å². The summed E-state index contributed by atoms with van der Waals surface area (Å²) in [4.78, 5) is 35.0. The summed E-state index contributed by atoms with van der Waals surface area (Å²) in [5.74, 6) is 0.743. The van der Waals surface area contributed by atoms with Crippen LogP contribution in [0.4, 0.5) is 0 Å². The summed E-state index contributed by atoms with van der Waals surface area (Å²) in [5, 5.41) is 3.90. The lowest BCUT2D eigenvalue weighted by Gasteiger charge is -2.36. The fraction of sp³-hybridized carbons (Fsp3) is 0.550. The summed E-state index contributed by atoms with van der Waals surface area (Å²) in [7, 11) is 0. The number of likely N-dealkylation sites (tertiary alicyclic amines) is 1. The molecule has 160 valence electrons. The fourth-order valence-corrected chi connectivity index (χ4v) is 3.63. The molecule has 1 aromatic carbocycles. The summed E-state index contributed by atoms with van der Waals surface area (Å²) in [6.45, 7) is 6.59. The normalized spacial score (nSPS) is 17.4. The predicted octanol–water partition coefficient (Wildman–Crippen LogP) is 2.19. The SMILES string of the molecule is CCNC(=NCC(=O)N1CCCC1)N1CCN(Cc2ccc(Cl)cc2)C(=O)C1.I. The monoisotopic (exact) mass is 533 g/mol. The van der Waals surface area contributed by atoms with Gasteiger partial charge in [-0.15, -0.1) is 24.0 Å². The first kappa shape index (κ1) is 23.7. The van der Waals surface area contributed by atoms with E-state index in [1.165, 1.54) is 0 Å². The van der Waals surface area contributed by atoms with Crippen LogP contribution in [0.2, 0.25) is 5.02 Å². The standard InChI is InChI=1S/C20H28ClN5O2.HI/c1-2-22-20(23-13-18(27)24-9-3-4-10-24)26-12-11-25(19(28)15-26)14-16-5-7-17(21)8-6-16;/h5-8H,2-4,9-15H2,1H3,(H,22,23);1H. The number of aliphatic imine (C=N–C) groups is 1. The molecule has 0 bridgehead atoms. The molecular weight excluding hydrogens is 505 g/mol. The maximum Gasteiger partial charge on any atom is 0.244 e. The molecule has 29 heavy (non-hydrogen) atoms. The van der Waals surface area contributed by atoms with Gasteiger partial charge in [0.05, 0.1) is 6.54 Å². The molecule has 0 radical (unpaired) electrons. The fourth-order valence-electron chi connectivity index (χ4n) is 3.50. The van der Waals surface area contributed by atoms with Gasteiger partial charge in [-0.05, 0) is 37.5 Å². The van der Waals surface area contributed by atoms with E-state index in [2.05, 4.69) is 10.3 Å². The molecule has 0 aliphatic carbocycles. The van der Waals surface area contributed by atoms with E-state index < -0.39 is 0 Å². The van der Waals surface area contributed by atoms with Gasteiger partial charge in [0.2, 0.25) is 11.8 Å². The van der Waals surface area contributed by atoms with Crippen molar-refractivity contribution in [1.29, 1.82) is 0 Å². The molecule has 0 unspecified atom stereocenters. The van der Waals surface area contributed by atoms with E-state index in [0.717, 1.165) is 31.5 Å². The molecule has 0 saturated carbocycles. The number of carbonyl (C=O) groups is 2. The van der Waals surface area contributed by atoms with Gasteiger partial charge in [-0.3, -0.25) is 9.59 Å². The van der Waals surface area contributed by atoms with Crippen LogP contribution < -0.4 is 5.32 Å². The van der Waals surface area contributed by atoms with Crippen LogP contribution in [-0.4, -0.2) is 78.3 Å². The molecule has 2 aliphatic heterocycles. The Balaban J connectivity index is 0.00000300. The van der Waals surface area contributed by atoms with Crippen molar-refractivity contribution < 1.29 is 9.59 Å². The minimum atomic E-state index is 0. The Kier molecular flexibility index (Phi) is 9.48. The van der Waals surface area contributed by atoms with Crippen molar-refractivity contribution in [3.63, 3.8) is 0 Å². The Morgan fingerprint density at radius 2 is 1.79 bits per heavy atom. The highest BCUT2D eigenvalue weighted by Gasteiger charge is 2.26. The Morgan fingerprint density at radius 1 is 1.10 bits per heavy atom. The number of amides is 2. The largest absolute Gasteiger partial charge is 0.356 e. The number of nitrogens with zero attached hydrogens (tertiary/aromatic N) is 4. The zero-order chi connectivity index (χ0) is 19.9. The molecule has 3 rings (SSSR count). The smallest absolute Gasteiger partial charge is 0.244 e. The molecule has 2 amide bonds. The minimum absolute atomic E-state index is 0. The first-order chi connectivity index (χ1) is 13.6. The van der Waals surface area contributed by atoms with Gasteiger partial charge in [-0.25, -0.2) is 4.99 Å². The molecule has 2 saturated heterocycles. The van der Waals surface area contributed by atoms with Crippen LogP contribution in [0.5, 0.6) is 0 Å². The molecule has 9 heteroatoms. The van der Waals surface area contributed by atoms with Crippen molar-refractivity contribution in [3.8, 4) is 0 Å². The van der Waals surface area contributed by atoms with Gasteiger partial charge in [-0.2, -0.15) is 0 Å². The first-order valence-electron chi connectivity index (χ1n) is 9.90. The summed E-state index contributed by atoms with van der Waals surface area (Å²) in [6, 6.07) is 7.56. The number of carbonyl (C=O) groups excluding carboxylic acids is 2. The van der Waals surface area contributed by atoms with E-state index in [1.807, 2.05) is 45.9 Å². The third kappa shape index (κ3) is 6.74. The minimum Gasteiger partial charge on any atom is -0.356 e. The van der Waals surface area contributed by atoms with E-state index in [4.69, 9.17) is 11.6 Å².